The van der Waals surface area contributed by atoms with Crippen molar-refractivity contribution in [3.63, 3.8) is 0 Å². The van der Waals surface area contributed by atoms with E-state index in [2.05, 4.69) is 25.5 Å². The lowest BCUT2D eigenvalue weighted by atomic mass is 10.1. The third-order valence-electron chi connectivity index (χ3n) is 5.81. The number of aromatic nitrogens is 4. The Labute approximate surface area is 214 Å². The highest BCUT2D eigenvalue weighted by Crippen LogP contribution is 2.30. The van der Waals surface area contributed by atoms with Crippen molar-refractivity contribution in [3.05, 3.63) is 60.0 Å². The van der Waals surface area contributed by atoms with Crippen LogP contribution in [-0.4, -0.2) is 54.6 Å². The van der Waals surface area contributed by atoms with Crippen LogP contribution < -0.4 is 11.1 Å². The van der Waals surface area contributed by atoms with Gasteiger partial charge in [-0.3, -0.25) is 0 Å². The number of methoxy groups -OCH3 is 1. The molecule has 194 valence electrons. The number of rotatable bonds is 10. The quantitative estimate of drug-likeness (QED) is 0.315. The van der Waals surface area contributed by atoms with E-state index in [9.17, 15) is 12.8 Å². The van der Waals surface area contributed by atoms with Crippen LogP contribution >= 0.6 is 0 Å². The van der Waals surface area contributed by atoms with Gasteiger partial charge in [-0.15, -0.1) is 10.2 Å². The highest BCUT2D eigenvalue weighted by molar-refractivity contribution is 7.92. The average molecular weight is 527 g/mol. The number of hydrogen-bond donors (Lipinski definition) is 2. The minimum atomic E-state index is -3.50. The van der Waals surface area contributed by atoms with Gasteiger partial charge in [0, 0.05) is 25.8 Å². The molecule has 1 atom stereocenters. The molecule has 1 unspecified atom stereocenters. The molecule has 2 aromatic carbocycles. The third kappa shape index (κ3) is 5.66. The average Bonchev–Trinajstić information content (AvgIpc) is 3.37. The monoisotopic (exact) mass is 526 g/mol. The Morgan fingerprint density at radius 3 is 2.54 bits per heavy atom. The summed E-state index contributed by atoms with van der Waals surface area (Å²) in [4.78, 5) is 8.87. The number of sulfone groups is 1. The van der Waals surface area contributed by atoms with Crippen molar-refractivity contribution in [1.82, 2.24) is 25.5 Å². The summed E-state index contributed by atoms with van der Waals surface area (Å²) in [6.45, 7) is 2.53. The zero-order chi connectivity index (χ0) is 26.6. The summed E-state index contributed by atoms with van der Waals surface area (Å²) >= 11 is 0. The van der Waals surface area contributed by atoms with E-state index in [0.717, 1.165) is 5.56 Å². The minimum absolute atomic E-state index is 0.0211. The molecule has 0 spiro atoms. The van der Waals surface area contributed by atoms with Gasteiger partial charge in [-0.1, -0.05) is 18.2 Å². The van der Waals surface area contributed by atoms with E-state index in [0.29, 0.717) is 30.8 Å². The molecular formula is C25H27FN6O4S. The second-order valence-corrected chi connectivity index (χ2v) is 10.8. The fraction of sp³-hybridized carbons (Fsp3) is 0.280. The van der Waals surface area contributed by atoms with E-state index in [1.165, 1.54) is 31.5 Å². The maximum Gasteiger partial charge on any atom is 0.270 e. The molecule has 4 rings (SSSR count). The molecule has 4 aromatic rings. The smallest absolute Gasteiger partial charge is 0.270 e. The molecule has 0 fully saturated rings. The number of nitrogens with zero attached hydrogens (tertiary/aromatic N) is 4. The summed E-state index contributed by atoms with van der Waals surface area (Å²) in [7, 11) is -0.196. The van der Waals surface area contributed by atoms with Crippen LogP contribution in [0.1, 0.15) is 18.9 Å². The second kappa shape index (κ2) is 11.1. The lowest BCUT2D eigenvalue weighted by Crippen LogP contribution is -2.19. The van der Waals surface area contributed by atoms with E-state index in [1.54, 1.807) is 38.2 Å². The molecule has 0 aliphatic carbocycles. The number of nitrogen functional groups attached to an aromatic ring is 1. The van der Waals surface area contributed by atoms with Crippen molar-refractivity contribution in [2.45, 2.75) is 30.0 Å². The predicted octanol–water partition coefficient (Wildman–Crippen LogP) is 3.50. The molecule has 3 N–H and O–H groups in total. The van der Waals surface area contributed by atoms with E-state index in [4.69, 9.17) is 14.9 Å². The molecule has 37 heavy (non-hydrogen) atoms. The van der Waals surface area contributed by atoms with Gasteiger partial charge in [0.25, 0.3) is 11.8 Å². The molecule has 0 radical (unpaired) electrons. The van der Waals surface area contributed by atoms with Crippen LogP contribution in [-0.2, 0) is 21.1 Å². The Bertz CT molecular complexity index is 1490. The van der Waals surface area contributed by atoms with Gasteiger partial charge >= 0.3 is 0 Å². The maximum absolute atomic E-state index is 14.6. The van der Waals surface area contributed by atoms with Gasteiger partial charge in [0.15, 0.2) is 21.3 Å². The molecule has 0 aliphatic rings. The molecule has 2 heterocycles. The van der Waals surface area contributed by atoms with Crippen molar-refractivity contribution in [3.8, 4) is 34.3 Å². The van der Waals surface area contributed by atoms with E-state index >= 15 is 0 Å². The summed E-state index contributed by atoms with van der Waals surface area (Å²) in [5.41, 5.74) is 8.10. The minimum Gasteiger partial charge on any atom is -0.414 e. The summed E-state index contributed by atoms with van der Waals surface area (Å²) in [6, 6.07) is 11.1. The first-order valence-corrected chi connectivity index (χ1v) is 13.0. The van der Waals surface area contributed by atoms with Gasteiger partial charge in [0.2, 0.25) is 0 Å². The number of nitrogens with one attached hydrogen (secondary N) is 1. The topological polar surface area (TPSA) is 146 Å². The Kier molecular flexibility index (Phi) is 7.91. The van der Waals surface area contributed by atoms with Crippen molar-refractivity contribution < 1.29 is 22.0 Å². The SMILES string of the molecule is CNCc1ccc(-c2nnc(-c3nc(-c4ccc(S(=O)(=O)C(C)CCOC)cc4)cnc3N)o2)c(F)c1. The van der Waals surface area contributed by atoms with E-state index in [-0.39, 0.29) is 33.8 Å². The fourth-order valence-electron chi connectivity index (χ4n) is 3.66. The Morgan fingerprint density at radius 2 is 1.86 bits per heavy atom. The first-order valence-electron chi connectivity index (χ1n) is 11.5. The van der Waals surface area contributed by atoms with Crippen LogP contribution in [0.25, 0.3) is 34.3 Å². The van der Waals surface area contributed by atoms with Crippen LogP contribution in [0.2, 0.25) is 0 Å². The molecule has 2 aromatic heterocycles. The number of anilines is 1. The first-order chi connectivity index (χ1) is 17.7. The number of hydrogen-bond acceptors (Lipinski definition) is 10. The van der Waals surface area contributed by atoms with Crippen LogP contribution in [0.3, 0.4) is 0 Å². The van der Waals surface area contributed by atoms with E-state index in [1.807, 2.05) is 0 Å². The Balaban J connectivity index is 1.60. The molecule has 0 aliphatic heterocycles. The molecule has 12 heteroatoms. The Morgan fingerprint density at radius 1 is 1.14 bits per heavy atom. The second-order valence-electron chi connectivity index (χ2n) is 8.41. The van der Waals surface area contributed by atoms with Gasteiger partial charge < -0.3 is 20.2 Å². The number of halogens is 1. The molecule has 0 saturated heterocycles. The van der Waals surface area contributed by atoms with E-state index < -0.39 is 20.9 Å². The molecule has 0 amide bonds. The van der Waals surface area contributed by atoms with Gasteiger partial charge in [0.1, 0.15) is 5.82 Å². The van der Waals surface area contributed by atoms with Crippen LogP contribution in [0.5, 0.6) is 0 Å². The first kappa shape index (κ1) is 26.3. The van der Waals surface area contributed by atoms with Crippen LogP contribution in [0.15, 0.2) is 58.0 Å². The lowest BCUT2D eigenvalue weighted by molar-refractivity contribution is 0.194. The van der Waals surface area contributed by atoms with Gasteiger partial charge in [-0.05, 0) is 50.2 Å². The number of ether oxygens (including phenoxy) is 1. The number of nitrogens with two attached hydrogens (primary N) is 1. The van der Waals surface area contributed by atoms with Crippen molar-refractivity contribution in [1.29, 1.82) is 0 Å². The summed E-state index contributed by atoms with van der Waals surface area (Å²) < 4.78 is 50.9. The van der Waals surface area contributed by atoms with Crippen molar-refractivity contribution >= 4 is 15.7 Å². The summed E-state index contributed by atoms with van der Waals surface area (Å²) in [6.07, 6.45) is 1.85. The standard InChI is InChI=1S/C25H27FN6O4S/c1-15(10-11-35-3)37(33,34)18-7-5-17(6-8-18)21-14-29-23(27)22(30-21)25-32-31-24(36-25)19-9-4-16(13-28-2)12-20(19)26/h4-9,12,14-15,28H,10-11,13H2,1-3H3,(H2,27,29). The fourth-order valence-corrected chi connectivity index (χ4v) is 5.04. The molecule has 0 saturated carbocycles. The zero-order valence-electron chi connectivity index (χ0n) is 20.6. The highest BCUT2D eigenvalue weighted by Gasteiger charge is 2.23. The molecular weight excluding hydrogens is 499 g/mol. The van der Waals surface area contributed by atoms with Crippen molar-refractivity contribution in [2.24, 2.45) is 0 Å². The predicted molar refractivity (Wildman–Crippen MR) is 136 cm³/mol. The lowest BCUT2D eigenvalue weighted by Gasteiger charge is -2.13. The largest absolute Gasteiger partial charge is 0.414 e. The van der Waals surface area contributed by atoms with Gasteiger partial charge in [-0.25, -0.2) is 22.8 Å². The summed E-state index contributed by atoms with van der Waals surface area (Å²) in [5.74, 6) is -0.490. The molecule has 10 nitrogen and oxygen atoms in total. The van der Waals surface area contributed by atoms with Crippen LogP contribution in [0, 0.1) is 5.82 Å². The zero-order valence-corrected chi connectivity index (χ0v) is 21.4. The third-order valence-corrected chi connectivity index (χ3v) is 8.03. The normalized spacial score (nSPS) is 12.5. The Hall–Kier alpha value is -3.74. The van der Waals surface area contributed by atoms with Gasteiger partial charge in [-0.2, -0.15) is 0 Å². The van der Waals surface area contributed by atoms with Crippen molar-refractivity contribution in [2.75, 3.05) is 26.5 Å². The maximum atomic E-state index is 14.6. The van der Waals surface area contributed by atoms with Gasteiger partial charge in [0.05, 0.1) is 27.6 Å². The van der Waals surface area contributed by atoms with Crippen LogP contribution in [0.4, 0.5) is 10.2 Å². The summed E-state index contributed by atoms with van der Waals surface area (Å²) in [5, 5.41) is 10.3. The molecule has 0 bridgehead atoms. The number of benzene rings is 2. The highest BCUT2D eigenvalue weighted by atomic mass is 32.2.